The van der Waals surface area contributed by atoms with E-state index >= 15 is 0 Å². The third kappa shape index (κ3) is 6.81. The van der Waals surface area contributed by atoms with Crippen molar-refractivity contribution in [1.82, 2.24) is 0 Å². The number of benzene rings is 2. The van der Waals surface area contributed by atoms with Crippen LogP contribution in [0.4, 0.5) is 16.2 Å². The molecule has 5 heteroatoms. The molecule has 0 spiro atoms. The Bertz CT molecular complexity index is 803. The fourth-order valence-corrected chi connectivity index (χ4v) is 2.13. The third-order valence-corrected chi connectivity index (χ3v) is 3.28. The number of carbonyl (C=O) groups is 2. The molecule has 0 atom stereocenters. The van der Waals surface area contributed by atoms with Gasteiger partial charge in [0, 0.05) is 17.5 Å². The standard InChI is InChI=1S/C21H24N2O3/c1-15-8-10-16(11-9-15)12-13-19(24)22-17-6-5-7-18(14-17)23-20(25)26-21(2,3)4/h5-14H,1-4H3,(H,22,24)(H,23,25)/b13-12+. The van der Waals surface area contributed by atoms with Gasteiger partial charge in [-0.1, -0.05) is 35.9 Å². The highest BCUT2D eigenvalue weighted by Crippen LogP contribution is 2.17. The predicted molar refractivity (Wildman–Crippen MR) is 105 cm³/mol. The van der Waals surface area contributed by atoms with E-state index in [9.17, 15) is 9.59 Å². The van der Waals surface area contributed by atoms with Crippen LogP contribution in [0.25, 0.3) is 6.08 Å². The fourth-order valence-electron chi connectivity index (χ4n) is 2.13. The first kappa shape index (κ1) is 19.2. The van der Waals surface area contributed by atoms with Crippen molar-refractivity contribution in [1.29, 1.82) is 0 Å². The summed E-state index contributed by atoms with van der Waals surface area (Å²) in [4.78, 5) is 23.9. The maximum atomic E-state index is 12.1. The molecule has 26 heavy (non-hydrogen) atoms. The second kappa shape index (κ2) is 8.34. The normalized spacial score (nSPS) is 11.2. The summed E-state index contributed by atoms with van der Waals surface area (Å²) in [5.41, 5.74) is 2.67. The number of ether oxygens (including phenoxy) is 1. The Balaban J connectivity index is 1.96. The number of rotatable bonds is 4. The summed E-state index contributed by atoms with van der Waals surface area (Å²) in [6.45, 7) is 7.40. The van der Waals surface area contributed by atoms with Crippen LogP contribution < -0.4 is 10.6 Å². The van der Waals surface area contributed by atoms with Crippen LogP contribution in [-0.4, -0.2) is 17.6 Å². The highest BCUT2D eigenvalue weighted by Gasteiger charge is 2.16. The molecular formula is C21H24N2O3. The van der Waals surface area contributed by atoms with Crippen LogP contribution in [0.15, 0.2) is 54.6 Å². The van der Waals surface area contributed by atoms with Crippen molar-refractivity contribution in [2.45, 2.75) is 33.3 Å². The van der Waals surface area contributed by atoms with Crippen LogP contribution in [-0.2, 0) is 9.53 Å². The quantitative estimate of drug-likeness (QED) is 0.761. The van der Waals surface area contributed by atoms with Gasteiger partial charge in [-0.3, -0.25) is 10.1 Å². The Kier molecular flexibility index (Phi) is 6.17. The molecule has 0 aliphatic rings. The van der Waals surface area contributed by atoms with Crippen molar-refractivity contribution < 1.29 is 14.3 Å². The van der Waals surface area contributed by atoms with Crippen molar-refractivity contribution in [2.75, 3.05) is 10.6 Å². The minimum atomic E-state index is -0.573. The number of hydrogen-bond acceptors (Lipinski definition) is 3. The van der Waals surface area contributed by atoms with Crippen molar-refractivity contribution in [3.63, 3.8) is 0 Å². The minimum Gasteiger partial charge on any atom is -0.444 e. The first-order chi connectivity index (χ1) is 12.2. The molecule has 0 fully saturated rings. The van der Waals surface area contributed by atoms with E-state index in [1.165, 1.54) is 11.6 Å². The van der Waals surface area contributed by atoms with Crippen molar-refractivity contribution in [3.05, 3.63) is 65.7 Å². The van der Waals surface area contributed by atoms with E-state index in [4.69, 9.17) is 4.74 Å². The van der Waals surface area contributed by atoms with Gasteiger partial charge >= 0.3 is 6.09 Å². The maximum absolute atomic E-state index is 12.1. The lowest BCUT2D eigenvalue weighted by molar-refractivity contribution is -0.111. The number of amides is 2. The highest BCUT2D eigenvalue weighted by molar-refractivity contribution is 6.02. The first-order valence-corrected chi connectivity index (χ1v) is 8.37. The summed E-state index contributed by atoms with van der Waals surface area (Å²) < 4.78 is 5.21. The van der Waals surface area contributed by atoms with Crippen molar-refractivity contribution in [2.24, 2.45) is 0 Å². The molecular weight excluding hydrogens is 328 g/mol. The SMILES string of the molecule is Cc1ccc(/C=C/C(=O)Nc2cccc(NC(=O)OC(C)(C)C)c2)cc1. The lowest BCUT2D eigenvalue weighted by Crippen LogP contribution is -2.27. The van der Waals surface area contributed by atoms with Crippen molar-refractivity contribution >= 4 is 29.5 Å². The van der Waals surface area contributed by atoms with Crippen LogP contribution >= 0.6 is 0 Å². The van der Waals surface area contributed by atoms with Crippen LogP contribution in [0.3, 0.4) is 0 Å². The molecule has 0 saturated heterocycles. The number of aryl methyl sites for hydroxylation is 1. The second-order valence-corrected chi connectivity index (χ2v) is 6.94. The van der Waals surface area contributed by atoms with Gasteiger partial charge in [-0.2, -0.15) is 0 Å². The van der Waals surface area contributed by atoms with Gasteiger partial charge in [0.25, 0.3) is 0 Å². The Morgan fingerprint density at radius 2 is 1.58 bits per heavy atom. The monoisotopic (exact) mass is 352 g/mol. The van der Waals surface area contributed by atoms with E-state index in [-0.39, 0.29) is 5.91 Å². The number of carbonyl (C=O) groups excluding carboxylic acids is 2. The summed E-state index contributed by atoms with van der Waals surface area (Å²) in [6.07, 6.45) is 2.68. The topological polar surface area (TPSA) is 67.4 Å². The lowest BCUT2D eigenvalue weighted by atomic mass is 10.1. The van der Waals surface area contributed by atoms with Gasteiger partial charge in [-0.05, 0) is 57.5 Å². The van der Waals surface area contributed by atoms with Crippen LogP contribution in [0.1, 0.15) is 31.9 Å². The van der Waals surface area contributed by atoms with E-state index in [2.05, 4.69) is 10.6 Å². The zero-order valence-corrected chi connectivity index (χ0v) is 15.5. The zero-order chi connectivity index (χ0) is 19.2. The number of anilines is 2. The lowest BCUT2D eigenvalue weighted by Gasteiger charge is -2.19. The van der Waals surface area contributed by atoms with E-state index in [0.29, 0.717) is 11.4 Å². The molecule has 0 aliphatic heterocycles. The molecule has 2 N–H and O–H groups in total. The van der Waals surface area contributed by atoms with E-state index in [0.717, 1.165) is 5.56 Å². The Labute approximate surface area is 154 Å². The molecule has 2 aromatic carbocycles. The van der Waals surface area contributed by atoms with Gasteiger partial charge in [0.2, 0.25) is 5.91 Å². The van der Waals surface area contributed by atoms with Gasteiger partial charge < -0.3 is 10.1 Å². The van der Waals surface area contributed by atoms with Gasteiger partial charge in [-0.25, -0.2) is 4.79 Å². The zero-order valence-electron chi connectivity index (χ0n) is 15.5. The summed E-state index contributed by atoms with van der Waals surface area (Å²) in [7, 11) is 0. The summed E-state index contributed by atoms with van der Waals surface area (Å²) >= 11 is 0. The molecule has 0 aromatic heterocycles. The molecule has 5 nitrogen and oxygen atoms in total. The summed E-state index contributed by atoms with van der Waals surface area (Å²) in [6, 6.07) is 14.8. The van der Waals surface area contributed by atoms with E-state index < -0.39 is 11.7 Å². The minimum absolute atomic E-state index is 0.250. The molecule has 2 amide bonds. The first-order valence-electron chi connectivity index (χ1n) is 8.37. The molecule has 0 saturated carbocycles. The van der Waals surface area contributed by atoms with E-state index in [1.807, 2.05) is 31.2 Å². The van der Waals surface area contributed by atoms with Gasteiger partial charge in [0.15, 0.2) is 0 Å². The smallest absolute Gasteiger partial charge is 0.412 e. The average molecular weight is 352 g/mol. The third-order valence-electron chi connectivity index (χ3n) is 3.28. The van der Waals surface area contributed by atoms with Gasteiger partial charge in [0.1, 0.15) is 5.60 Å². The summed E-state index contributed by atoms with van der Waals surface area (Å²) in [5.74, 6) is -0.250. The predicted octanol–water partition coefficient (Wildman–Crippen LogP) is 4.99. The molecule has 0 aliphatic carbocycles. The molecule has 2 aromatic rings. The van der Waals surface area contributed by atoms with Crippen LogP contribution in [0, 0.1) is 6.92 Å². The highest BCUT2D eigenvalue weighted by atomic mass is 16.6. The Morgan fingerprint density at radius 3 is 2.19 bits per heavy atom. The molecule has 2 rings (SSSR count). The maximum Gasteiger partial charge on any atom is 0.412 e. The largest absolute Gasteiger partial charge is 0.444 e. The van der Waals surface area contributed by atoms with Crippen LogP contribution in [0.5, 0.6) is 0 Å². The summed E-state index contributed by atoms with van der Waals surface area (Å²) in [5, 5.41) is 5.41. The molecule has 0 radical (unpaired) electrons. The number of hydrogen-bond donors (Lipinski definition) is 2. The molecule has 0 heterocycles. The average Bonchev–Trinajstić information content (AvgIpc) is 2.53. The number of nitrogens with one attached hydrogen (secondary N) is 2. The Morgan fingerprint density at radius 1 is 0.962 bits per heavy atom. The second-order valence-electron chi connectivity index (χ2n) is 6.94. The fraction of sp³-hybridized carbons (Fsp3) is 0.238. The van der Waals surface area contributed by atoms with Gasteiger partial charge in [-0.15, -0.1) is 0 Å². The molecule has 136 valence electrons. The molecule has 0 bridgehead atoms. The van der Waals surface area contributed by atoms with Crippen molar-refractivity contribution in [3.8, 4) is 0 Å². The molecule has 0 unspecified atom stereocenters. The van der Waals surface area contributed by atoms with Crippen LogP contribution in [0.2, 0.25) is 0 Å². The Hall–Kier alpha value is -3.08. The van der Waals surface area contributed by atoms with E-state index in [1.54, 1.807) is 51.1 Å². The van der Waals surface area contributed by atoms with Gasteiger partial charge in [0.05, 0.1) is 0 Å².